The summed E-state index contributed by atoms with van der Waals surface area (Å²) in [5.74, 6) is -1.75. The summed E-state index contributed by atoms with van der Waals surface area (Å²) < 4.78 is 26.5. The number of hydrogen-bond donors (Lipinski definition) is 0. The maximum atomic E-state index is 13.5. The molecule has 1 heterocycles. The second-order valence-corrected chi connectivity index (χ2v) is 4.20. The molecule has 4 heteroatoms. The Hall–Kier alpha value is -1.48. The average molecular weight is 254 g/mol. The van der Waals surface area contributed by atoms with E-state index in [9.17, 15) is 8.78 Å². The van der Waals surface area contributed by atoms with Gasteiger partial charge in [-0.3, -0.25) is 4.98 Å². The predicted molar refractivity (Wildman–Crippen MR) is 62.9 cm³/mol. The van der Waals surface area contributed by atoms with E-state index in [1.807, 2.05) is 0 Å². The van der Waals surface area contributed by atoms with Crippen molar-refractivity contribution in [2.75, 3.05) is 0 Å². The van der Waals surface area contributed by atoms with E-state index in [-0.39, 0.29) is 5.56 Å². The Bertz CT molecular complexity index is 502. The number of rotatable bonds is 3. The Balaban J connectivity index is 2.20. The monoisotopic (exact) mass is 253 g/mol. The van der Waals surface area contributed by atoms with Crippen LogP contribution in [0.25, 0.3) is 0 Å². The van der Waals surface area contributed by atoms with Crippen LogP contribution in [0.2, 0.25) is 0 Å². The lowest BCUT2D eigenvalue weighted by atomic mass is 10.0. The second kappa shape index (κ2) is 5.23. The highest BCUT2D eigenvalue weighted by Crippen LogP contribution is 2.27. The van der Waals surface area contributed by atoms with E-state index >= 15 is 0 Å². The van der Waals surface area contributed by atoms with Crippen molar-refractivity contribution in [3.8, 4) is 0 Å². The van der Waals surface area contributed by atoms with Crippen LogP contribution in [0.4, 0.5) is 8.78 Å². The zero-order valence-corrected chi connectivity index (χ0v) is 9.66. The molecule has 0 aliphatic rings. The zero-order chi connectivity index (χ0) is 12.3. The summed E-state index contributed by atoms with van der Waals surface area (Å²) in [4.78, 5) is 3.88. The Kier molecular flexibility index (Phi) is 3.69. The van der Waals surface area contributed by atoms with E-state index in [1.54, 1.807) is 24.5 Å². The third kappa shape index (κ3) is 2.80. The molecule has 1 aromatic heterocycles. The first kappa shape index (κ1) is 12.0. The summed E-state index contributed by atoms with van der Waals surface area (Å²) in [5, 5.41) is -0.590. The molecule has 0 aliphatic heterocycles. The largest absolute Gasteiger partial charge is 0.265 e. The molecule has 0 radical (unpaired) electrons. The normalized spacial score (nSPS) is 12.4. The SMILES string of the molecule is Fc1cccc(C(Cl)Cc2ccncc2)c1F. The second-order valence-electron chi connectivity index (χ2n) is 3.67. The highest BCUT2D eigenvalue weighted by molar-refractivity contribution is 6.20. The number of hydrogen-bond acceptors (Lipinski definition) is 1. The van der Waals surface area contributed by atoms with Gasteiger partial charge in [-0.1, -0.05) is 12.1 Å². The van der Waals surface area contributed by atoms with Gasteiger partial charge in [-0.2, -0.15) is 0 Å². The first-order chi connectivity index (χ1) is 8.18. The minimum absolute atomic E-state index is 0.184. The smallest absolute Gasteiger partial charge is 0.163 e. The van der Waals surface area contributed by atoms with E-state index in [2.05, 4.69) is 4.98 Å². The lowest BCUT2D eigenvalue weighted by molar-refractivity contribution is 0.497. The van der Waals surface area contributed by atoms with Crippen LogP contribution < -0.4 is 0 Å². The summed E-state index contributed by atoms with van der Waals surface area (Å²) in [6, 6.07) is 7.63. The quantitative estimate of drug-likeness (QED) is 0.757. The maximum Gasteiger partial charge on any atom is 0.163 e. The van der Waals surface area contributed by atoms with Crippen molar-refractivity contribution in [3.05, 3.63) is 65.5 Å². The van der Waals surface area contributed by atoms with Gasteiger partial charge in [0.1, 0.15) is 0 Å². The molecular formula is C13H10ClF2N. The third-order valence-electron chi connectivity index (χ3n) is 2.48. The Morgan fingerprint density at radius 2 is 1.82 bits per heavy atom. The van der Waals surface area contributed by atoms with Crippen LogP contribution in [0.15, 0.2) is 42.7 Å². The molecule has 0 N–H and O–H groups in total. The molecule has 0 aliphatic carbocycles. The fourth-order valence-electron chi connectivity index (χ4n) is 1.60. The molecule has 2 rings (SSSR count). The Morgan fingerprint density at radius 3 is 2.53 bits per heavy atom. The van der Waals surface area contributed by atoms with Crippen molar-refractivity contribution in [1.29, 1.82) is 0 Å². The molecule has 0 bridgehead atoms. The van der Waals surface area contributed by atoms with Gasteiger partial charge in [0.2, 0.25) is 0 Å². The van der Waals surface area contributed by atoms with Crippen LogP contribution in [-0.2, 0) is 6.42 Å². The van der Waals surface area contributed by atoms with Crippen LogP contribution in [0.5, 0.6) is 0 Å². The zero-order valence-electron chi connectivity index (χ0n) is 8.91. The lowest BCUT2D eigenvalue weighted by Gasteiger charge is -2.11. The van der Waals surface area contributed by atoms with E-state index in [0.717, 1.165) is 11.6 Å². The molecule has 0 amide bonds. The Morgan fingerprint density at radius 1 is 1.12 bits per heavy atom. The van der Waals surface area contributed by atoms with Gasteiger partial charge in [0, 0.05) is 18.0 Å². The van der Waals surface area contributed by atoms with Gasteiger partial charge in [-0.25, -0.2) is 8.78 Å². The van der Waals surface area contributed by atoms with Crippen molar-refractivity contribution >= 4 is 11.6 Å². The molecule has 0 fully saturated rings. The van der Waals surface area contributed by atoms with Gasteiger partial charge in [0.05, 0.1) is 5.38 Å². The topological polar surface area (TPSA) is 12.9 Å². The number of nitrogens with zero attached hydrogens (tertiary/aromatic N) is 1. The van der Waals surface area contributed by atoms with Crippen molar-refractivity contribution in [2.45, 2.75) is 11.8 Å². The van der Waals surface area contributed by atoms with E-state index in [4.69, 9.17) is 11.6 Å². The number of halogens is 3. The summed E-state index contributed by atoms with van der Waals surface area (Å²) in [6.45, 7) is 0. The lowest BCUT2D eigenvalue weighted by Crippen LogP contribution is -2.01. The first-order valence-electron chi connectivity index (χ1n) is 5.15. The molecule has 2 aromatic rings. The molecule has 1 unspecified atom stereocenters. The predicted octanol–water partition coefficient (Wildman–Crippen LogP) is 3.88. The van der Waals surface area contributed by atoms with Crippen molar-refractivity contribution < 1.29 is 8.78 Å². The average Bonchev–Trinajstić information content (AvgIpc) is 2.34. The van der Waals surface area contributed by atoms with Gasteiger partial charge in [-0.15, -0.1) is 11.6 Å². The third-order valence-corrected chi connectivity index (χ3v) is 2.87. The van der Waals surface area contributed by atoms with Crippen molar-refractivity contribution in [1.82, 2.24) is 4.98 Å². The number of aromatic nitrogens is 1. The maximum absolute atomic E-state index is 13.5. The van der Waals surface area contributed by atoms with Crippen LogP contribution in [-0.4, -0.2) is 4.98 Å². The van der Waals surface area contributed by atoms with Gasteiger partial charge in [0.15, 0.2) is 11.6 Å². The first-order valence-corrected chi connectivity index (χ1v) is 5.59. The summed E-state index contributed by atoms with van der Waals surface area (Å²) in [6.07, 6.45) is 3.71. The van der Waals surface area contributed by atoms with Gasteiger partial charge >= 0.3 is 0 Å². The molecule has 17 heavy (non-hydrogen) atoms. The minimum Gasteiger partial charge on any atom is -0.265 e. The van der Waals surface area contributed by atoms with Gasteiger partial charge < -0.3 is 0 Å². The molecule has 0 spiro atoms. The summed E-state index contributed by atoms with van der Waals surface area (Å²) in [7, 11) is 0. The molecular weight excluding hydrogens is 244 g/mol. The van der Waals surface area contributed by atoms with E-state index < -0.39 is 17.0 Å². The molecule has 1 aromatic carbocycles. The highest BCUT2D eigenvalue weighted by Gasteiger charge is 2.16. The van der Waals surface area contributed by atoms with Crippen LogP contribution >= 0.6 is 11.6 Å². The van der Waals surface area contributed by atoms with Crippen molar-refractivity contribution in [3.63, 3.8) is 0 Å². The highest BCUT2D eigenvalue weighted by atomic mass is 35.5. The molecule has 0 saturated carbocycles. The number of benzene rings is 1. The number of pyridine rings is 1. The van der Waals surface area contributed by atoms with Gasteiger partial charge in [0.25, 0.3) is 0 Å². The van der Waals surface area contributed by atoms with Crippen molar-refractivity contribution in [2.24, 2.45) is 0 Å². The molecule has 1 atom stereocenters. The standard InChI is InChI=1S/C13H10ClF2N/c14-11(8-9-4-6-17-7-5-9)10-2-1-3-12(15)13(10)16/h1-7,11H,8H2. The minimum atomic E-state index is -0.874. The van der Waals surface area contributed by atoms with Gasteiger partial charge in [-0.05, 0) is 30.2 Å². The molecule has 1 nitrogen and oxygen atoms in total. The molecule has 0 saturated heterocycles. The Labute approximate surface area is 103 Å². The summed E-state index contributed by atoms with van der Waals surface area (Å²) in [5.41, 5.74) is 1.12. The van der Waals surface area contributed by atoms with Crippen LogP contribution in [0, 0.1) is 11.6 Å². The molecule has 88 valence electrons. The van der Waals surface area contributed by atoms with Crippen LogP contribution in [0.3, 0.4) is 0 Å². The van der Waals surface area contributed by atoms with E-state index in [1.165, 1.54) is 12.1 Å². The number of alkyl halides is 1. The summed E-state index contributed by atoms with van der Waals surface area (Å²) >= 11 is 6.09. The fourth-order valence-corrected chi connectivity index (χ4v) is 1.94. The van der Waals surface area contributed by atoms with Crippen LogP contribution in [0.1, 0.15) is 16.5 Å². The van der Waals surface area contributed by atoms with E-state index in [0.29, 0.717) is 6.42 Å². The fraction of sp³-hybridized carbons (Fsp3) is 0.154.